The molecule has 0 aliphatic carbocycles. The molecule has 0 saturated carbocycles. The molecule has 1 nitrogen and oxygen atoms in total. The predicted octanol–water partition coefficient (Wildman–Crippen LogP) is 1.41. The van der Waals surface area contributed by atoms with Crippen molar-refractivity contribution in [2.45, 2.75) is 6.92 Å². The fourth-order valence-electron chi connectivity index (χ4n) is 0.407. The summed E-state index contributed by atoms with van der Waals surface area (Å²) < 4.78 is 0. The monoisotopic (exact) mass is 92.0 g/mol. The van der Waals surface area contributed by atoms with Crippen LogP contribution in [-0.2, 0) is 0 Å². The van der Waals surface area contributed by atoms with E-state index in [-0.39, 0.29) is 0 Å². The molecule has 0 bridgehead atoms. The summed E-state index contributed by atoms with van der Waals surface area (Å²) in [6.07, 6.45) is 8.36. The van der Waals surface area contributed by atoms with Gasteiger partial charge in [0.05, 0.1) is 12.2 Å². The summed E-state index contributed by atoms with van der Waals surface area (Å²) in [5, 5.41) is 0. The van der Waals surface area contributed by atoms with Gasteiger partial charge in [0.15, 0.2) is 11.9 Å². The van der Waals surface area contributed by atoms with Crippen LogP contribution in [-0.4, -0.2) is 6.21 Å². The van der Waals surface area contributed by atoms with Crippen LogP contribution in [0.5, 0.6) is 0 Å². The van der Waals surface area contributed by atoms with E-state index in [1.807, 2.05) is 19.1 Å². The molecule has 0 atom stereocenters. The number of rotatable bonds is 0. The summed E-state index contributed by atoms with van der Waals surface area (Å²) in [6.45, 7) is 1.94. The van der Waals surface area contributed by atoms with E-state index in [4.69, 9.17) is 0 Å². The summed E-state index contributed by atoms with van der Waals surface area (Å²) in [4.78, 5) is 3.85. The summed E-state index contributed by atoms with van der Waals surface area (Å²) >= 11 is 0. The highest BCUT2D eigenvalue weighted by molar-refractivity contribution is 5.74. The van der Waals surface area contributed by atoms with Crippen molar-refractivity contribution in [3.63, 3.8) is 0 Å². The molecule has 1 aliphatic rings. The lowest BCUT2D eigenvalue weighted by molar-refractivity contribution is 1.31. The smallest absolute Gasteiger partial charge is 0.0715 e. The van der Waals surface area contributed by atoms with Crippen LogP contribution >= 0.6 is 0 Å². The number of nitrogens with zero attached hydrogens (tertiary/aromatic N) is 1. The average molecular weight is 92.1 g/mol. The first-order valence-corrected chi connectivity index (χ1v) is 2.19. The zero-order valence-corrected chi connectivity index (χ0v) is 4.18. The van der Waals surface area contributed by atoms with Gasteiger partial charge >= 0.3 is 0 Å². The van der Waals surface area contributed by atoms with Crippen LogP contribution in [0.1, 0.15) is 6.92 Å². The zero-order chi connectivity index (χ0) is 5.11. The molecule has 0 radical (unpaired) electrons. The van der Waals surface area contributed by atoms with E-state index in [0.29, 0.717) is 0 Å². The standard InChI is InChI=1S/C6H6N/c1-6-4-2-3-5-7-6/h2-4H,1H3/q+1. The Bertz CT molecular complexity index is 140. The van der Waals surface area contributed by atoms with E-state index in [1.54, 1.807) is 6.08 Å². The number of hydrogen-bond donors (Lipinski definition) is 0. The molecule has 0 unspecified atom stereocenters. The maximum atomic E-state index is 3.85. The molecule has 0 saturated heterocycles. The molecule has 0 fully saturated rings. The van der Waals surface area contributed by atoms with E-state index >= 15 is 0 Å². The van der Waals surface area contributed by atoms with Crippen molar-refractivity contribution in [1.82, 2.24) is 0 Å². The van der Waals surface area contributed by atoms with Crippen LogP contribution in [0.4, 0.5) is 0 Å². The van der Waals surface area contributed by atoms with Crippen molar-refractivity contribution < 1.29 is 0 Å². The van der Waals surface area contributed by atoms with Gasteiger partial charge in [-0.2, -0.15) is 0 Å². The van der Waals surface area contributed by atoms with Crippen molar-refractivity contribution in [2.75, 3.05) is 0 Å². The molecule has 0 amide bonds. The normalized spacial score (nSPS) is 15.9. The second kappa shape index (κ2) is 1.67. The average Bonchev–Trinajstić information content (AvgIpc) is 1.69. The van der Waals surface area contributed by atoms with Crippen molar-refractivity contribution in [2.24, 2.45) is 4.99 Å². The maximum Gasteiger partial charge on any atom is 0.156 e. The fourth-order valence-corrected chi connectivity index (χ4v) is 0.407. The van der Waals surface area contributed by atoms with Gasteiger partial charge in [0.1, 0.15) is 6.08 Å². The molecule has 0 aromatic heterocycles. The lowest BCUT2D eigenvalue weighted by atomic mass is 10.3. The van der Waals surface area contributed by atoms with Crippen molar-refractivity contribution in [3.05, 3.63) is 23.9 Å². The molecule has 1 aliphatic heterocycles. The molecule has 0 N–H and O–H groups in total. The Kier molecular flexibility index (Phi) is 1.01. The topological polar surface area (TPSA) is 12.4 Å². The highest BCUT2D eigenvalue weighted by Gasteiger charge is 1.92. The molecular weight excluding hydrogens is 86.1 g/mol. The Balaban J connectivity index is 2.82. The van der Waals surface area contributed by atoms with Crippen LogP contribution in [0.25, 0.3) is 0 Å². The second-order valence-corrected chi connectivity index (χ2v) is 1.41. The van der Waals surface area contributed by atoms with Crippen LogP contribution in [0.3, 0.4) is 0 Å². The molecule has 34 valence electrons. The van der Waals surface area contributed by atoms with Gasteiger partial charge in [0, 0.05) is 6.92 Å². The van der Waals surface area contributed by atoms with Gasteiger partial charge in [-0.1, -0.05) is 4.99 Å². The Hall–Kier alpha value is -0.940. The molecular formula is C6H6N+. The third kappa shape index (κ3) is 0.951. The highest BCUT2D eigenvalue weighted by atomic mass is 14.7. The zero-order valence-electron chi connectivity index (χ0n) is 4.18. The van der Waals surface area contributed by atoms with Gasteiger partial charge in [-0.3, -0.25) is 0 Å². The highest BCUT2D eigenvalue weighted by Crippen LogP contribution is 1.96. The van der Waals surface area contributed by atoms with Crippen molar-refractivity contribution >= 4 is 6.21 Å². The van der Waals surface area contributed by atoms with Crippen molar-refractivity contribution in [1.29, 1.82) is 0 Å². The first-order valence-electron chi connectivity index (χ1n) is 2.19. The lowest BCUT2D eigenvalue weighted by Gasteiger charge is -1.76. The minimum absolute atomic E-state index is 1.02. The maximum absolute atomic E-state index is 3.85. The predicted molar refractivity (Wildman–Crippen MR) is 30.3 cm³/mol. The third-order valence-electron chi connectivity index (χ3n) is 0.749. The lowest BCUT2D eigenvalue weighted by Crippen LogP contribution is -1.74. The molecule has 0 aromatic carbocycles. The minimum Gasteiger partial charge on any atom is -0.0715 e. The molecule has 7 heavy (non-hydrogen) atoms. The molecule has 1 rings (SSSR count). The summed E-state index contributed by atoms with van der Waals surface area (Å²) in [6, 6.07) is 0. The van der Waals surface area contributed by atoms with Crippen LogP contribution in [0.2, 0.25) is 0 Å². The summed E-state index contributed by atoms with van der Waals surface area (Å²) in [5.41, 5.74) is 1.02. The Labute approximate surface area is 43.1 Å². The summed E-state index contributed by atoms with van der Waals surface area (Å²) in [7, 11) is 0. The van der Waals surface area contributed by atoms with E-state index in [1.165, 1.54) is 0 Å². The van der Waals surface area contributed by atoms with Crippen LogP contribution in [0.15, 0.2) is 28.9 Å². The minimum atomic E-state index is 1.02. The number of hydrogen-bond acceptors (Lipinski definition) is 1. The van der Waals surface area contributed by atoms with E-state index in [9.17, 15) is 0 Å². The number of aliphatic imine (C=N–C) groups is 1. The molecule has 1 heterocycles. The number of allylic oxidation sites excluding steroid dienone is 4. The van der Waals surface area contributed by atoms with Gasteiger partial charge in [-0.25, -0.2) is 0 Å². The quantitative estimate of drug-likeness (QED) is 0.400. The first kappa shape index (κ1) is 4.23. The van der Waals surface area contributed by atoms with E-state index in [0.717, 1.165) is 5.70 Å². The van der Waals surface area contributed by atoms with Gasteiger partial charge in [-0.05, 0) is 0 Å². The Morgan fingerprint density at radius 1 is 1.71 bits per heavy atom. The van der Waals surface area contributed by atoms with E-state index < -0.39 is 0 Å². The molecule has 1 heteroatoms. The van der Waals surface area contributed by atoms with E-state index in [2.05, 4.69) is 11.2 Å². The van der Waals surface area contributed by atoms with Crippen LogP contribution in [0, 0.1) is 0 Å². The second-order valence-electron chi connectivity index (χ2n) is 1.41. The van der Waals surface area contributed by atoms with Gasteiger partial charge in [0.25, 0.3) is 0 Å². The largest absolute Gasteiger partial charge is 0.156 e. The van der Waals surface area contributed by atoms with Gasteiger partial charge in [-0.15, -0.1) is 0 Å². The fraction of sp³-hybridized carbons (Fsp3) is 0.167. The Morgan fingerprint density at radius 2 is 2.57 bits per heavy atom. The van der Waals surface area contributed by atoms with Crippen molar-refractivity contribution in [3.8, 4) is 0 Å². The Morgan fingerprint density at radius 3 is 2.86 bits per heavy atom. The molecule has 0 spiro atoms. The summed E-state index contributed by atoms with van der Waals surface area (Å²) in [5.74, 6) is 0. The van der Waals surface area contributed by atoms with Crippen LogP contribution < -0.4 is 0 Å². The third-order valence-corrected chi connectivity index (χ3v) is 0.749. The van der Waals surface area contributed by atoms with Gasteiger partial charge in [0.2, 0.25) is 0 Å². The first-order chi connectivity index (χ1) is 3.39. The SMILES string of the molecule is CC1=CC=C[C+]=N1. The van der Waals surface area contributed by atoms with Gasteiger partial charge < -0.3 is 0 Å². The molecule has 0 aromatic rings.